The van der Waals surface area contributed by atoms with E-state index in [1.54, 1.807) is 26.0 Å². The van der Waals surface area contributed by atoms with Gasteiger partial charge in [0.1, 0.15) is 18.4 Å². The number of Topliss-reactive ketones (excluding diaryl/α,β-unsaturated/α-hetero) is 1. The average Bonchev–Trinajstić information content (AvgIpc) is 2.56. The number of hydrogen-bond donors (Lipinski definition) is 3. The smallest absolute Gasteiger partial charge is 0.311 e. The Balaban J connectivity index is 2.27. The fourth-order valence-corrected chi connectivity index (χ4v) is 4.70. The molecule has 7 heteroatoms. The van der Waals surface area contributed by atoms with Crippen LogP contribution in [0.5, 0.6) is 0 Å². The molecule has 0 radical (unpaired) electrons. The maximum Gasteiger partial charge on any atom is 0.311 e. The van der Waals surface area contributed by atoms with Gasteiger partial charge in [-0.2, -0.15) is 0 Å². The van der Waals surface area contributed by atoms with Gasteiger partial charge in [-0.05, 0) is 66.3 Å². The Kier molecular flexibility index (Phi) is 7.05. The summed E-state index contributed by atoms with van der Waals surface area (Å²) in [6, 6.07) is 9.22. The van der Waals surface area contributed by atoms with Gasteiger partial charge < -0.3 is 5.11 Å². The minimum Gasteiger partial charge on any atom is -0.481 e. The van der Waals surface area contributed by atoms with Crippen LogP contribution in [0.25, 0.3) is 11.1 Å². The zero-order valence-corrected chi connectivity index (χ0v) is 17.1. The molecule has 0 saturated heterocycles. The predicted octanol–water partition coefficient (Wildman–Crippen LogP) is 3.84. The maximum atomic E-state index is 14.0. The molecule has 0 unspecified atom stereocenters. The highest BCUT2D eigenvalue weighted by molar-refractivity contribution is 7.65. The summed E-state index contributed by atoms with van der Waals surface area (Å²) in [6.45, 7) is 5.31. The van der Waals surface area contributed by atoms with Crippen LogP contribution in [0.1, 0.15) is 28.7 Å². The normalized spacial score (nSPS) is 11.5. The number of aliphatic carboxylic acids is 1. The molecule has 0 aliphatic carbocycles. The third-order valence-electron chi connectivity index (χ3n) is 4.66. The monoisotopic (exact) mass is 407 g/mol. The van der Waals surface area contributed by atoms with Crippen LogP contribution < -0.4 is 0 Å². The number of aryl methyl sites for hydroxylation is 3. The fraction of sp³-hybridized carbons (Fsp3) is 0.333. The second kappa shape index (κ2) is 8.91. The van der Waals surface area contributed by atoms with Crippen LogP contribution in [0.4, 0.5) is 4.39 Å². The summed E-state index contributed by atoms with van der Waals surface area (Å²) in [5.41, 5.74) is 4.64. The van der Waals surface area contributed by atoms with Crippen molar-refractivity contribution in [2.45, 2.75) is 33.6 Å². The van der Waals surface area contributed by atoms with E-state index in [0.29, 0.717) is 17.5 Å². The van der Waals surface area contributed by atoms with Gasteiger partial charge in [0.2, 0.25) is 0 Å². The summed E-state index contributed by atoms with van der Waals surface area (Å²) in [7, 11) is -3.55. The molecular weight excluding hydrogens is 382 g/mol. The van der Waals surface area contributed by atoms with Crippen molar-refractivity contribution >= 4 is 19.5 Å². The number of carboxylic acid groups (broad SMARTS) is 1. The third-order valence-corrected chi connectivity index (χ3v) is 6.45. The first-order chi connectivity index (χ1) is 13.0. The molecule has 2 rings (SSSR count). The van der Waals surface area contributed by atoms with Gasteiger partial charge in [-0.25, -0.2) is 14.2 Å². The molecule has 2 aromatic rings. The van der Waals surface area contributed by atoms with E-state index in [1.165, 1.54) is 0 Å². The topological polar surface area (TPSA) is 94.8 Å². The van der Waals surface area contributed by atoms with Crippen molar-refractivity contribution in [1.82, 2.24) is 0 Å². The standard InChI is InChI=1S/C21H24FO5P/c1-13-5-4-6-19(16-9-14(2)21(22)15(3)10-16)18(13)7-8-28(26,27)12-17(23)11-20(24)25/h4-6,9-10,26-27H,7-8,11-12H2,1-3H3/p+1. The van der Waals surface area contributed by atoms with E-state index in [4.69, 9.17) is 5.11 Å². The van der Waals surface area contributed by atoms with Gasteiger partial charge >= 0.3 is 5.97 Å². The summed E-state index contributed by atoms with van der Waals surface area (Å²) in [5, 5.41) is 8.65. The quantitative estimate of drug-likeness (QED) is 0.457. The molecule has 5 nitrogen and oxygen atoms in total. The lowest BCUT2D eigenvalue weighted by molar-refractivity contribution is -0.139. The molecule has 0 aromatic heterocycles. The molecule has 3 N–H and O–H groups in total. The Morgan fingerprint density at radius 1 is 1.04 bits per heavy atom. The Bertz CT molecular complexity index is 885. The summed E-state index contributed by atoms with van der Waals surface area (Å²) >= 11 is 0. The molecule has 0 saturated carbocycles. The maximum absolute atomic E-state index is 14.0. The van der Waals surface area contributed by atoms with Crippen LogP contribution in [0.2, 0.25) is 0 Å². The van der Waals surface area contributed by atoms with E-state index in [9.17, 15) is 23.8 Å². The number of carboxylic acids is 1. The number of carbonyl (C=O) groups is 2. The molecule has 0 spiro atoms. The van der Waals surface area contributed by atoms with Crippen molar-refractivity contribution in [3.05, 3.63) is 58.4 Å². The van der Waals surface area contributed by atoms with Crippen molar-refractivity contribution in [1.29, 1.82) is 0 Å². The average molecular weight is 407 g/mol. The minimum absolute atomic E-state index is 0.0185. The van der Waals surface area contributed by atoms with E-state index in [1.807, 2.05) is 25.1 Å². The van der Waals surface area contributed by atoms with Gasteiger partial charge in [0.25, 0.3) is 7.72 Å². The predicted molar refractivity (Wildman–Crippen MR) is 108 cm³/mol. The Morgan fingerprint density at radius 3 is 2.21 bits per heavy atom. The molecule has 0 fully saturated rings. The van der Waals surface area contributed by atoms with Crippen molar-refractivity contribution in [3.8, 4) is 11.1 Å². The third kappa shape index (κ3) is 5.68. The summed E-state index contributed by atoms with van der Waals surface area (Å²) < 4.78 is 14.0. The first kappa shape index (κ1) is 22.2. The zero-order valence-electron chi connectivity index (χ0n) is 16.2. The van der Waals surface area contributed by atoms with E-state index < -0.39 is 32.1 Å². The highest BCUT2D eigenvalue weighted by Gasteiger charge is 2.36. The summed E-state index contributed by atoms with van der Waals surface area (Å²) in [6.07, 6.45) is -0.949. The van der Waals surface area contributed by atoms with Crippen LogP contribution in [0.3, 0.4) is 0 Å². The van der Waals surface area contributed by atoms with Crippen LogP contribution >= 0.6 is 7.72 Å². The van der Waals surface area contributed by atoms with Crippen LogP contribution in [0.15, 0.2) is 30.3 Å². The number of ketones is 1. The van der Waals surface area contributed by atoms with E-state index in [2.05, 4.69) is 0 Å². The number of benzene rings is 2. The van der Waals surface area contributed by atoms with E-state index in [-0.39, 0.29) is 12.0 Å². The van der Waals surface area contributed by atoms with Gasteiger partial charge in [-0.1, -0.05) is 18.2 Å². The molecule has 0 bridgehead atoms. The highest BCUT2D eigenvalue weighted by Crippen LogP contribution is 2.50. The second-order valence-electron chi connectivity index (χ2n) is 7.14. The van der Waals surface area contributed by atoms with Crippen LogP contribution in [-0.4, -0.2) is 39.0 Å². The zero-order chi connectivity index (χ0) is 21.1. The van der Waals surface area contributed by atoms with Crippen molar-refractivity contribution in [2.75, 3.05) is 12.3 Å². The molecule has 0 amide bonds. The first-order valence-corrected chi connectivity index (χ1v) is 11.0. The number of hydrogen-bond acceptors (Lipinski definition) is 4. The molecule has 2 aromatic carbocycles. The van der Waals surface area contributed by atoms with E-state index >= 15 is 0 Å². The van der Waals surface area contributed by atoms with Crippen molar-refractivity contribution in [2.24, 2.45) is 0 Å². The van der Waals surface area contributed by atoms with Crippen LogP contribution in [-0.2, 0) is 16.0 Å². The molecule has 0 aliphatic rings. The number of rotatable bonds is 8. The van der Waals surface area contributed by atoms with Gasteiger partial charge in [0.15, 0.2) is 11.9 Å². The second-order valence-corrected chi connectivity index (χ2v) is 9.67. The van der Waals surface area contributed by atoms with E-state index in [0.717, 1.165) is 22.3 Å². The van der Waals surface area contributed by atoms with Gasteiger partial charge in [0.05, 0.1) is 0 Å². The lowest BCUT2D eigenvalue weighted by atomic mass is 9.92. The number of halogens is 1. The molecule has 150 valence electrons. The van der Waals surface area contributed by atoms with Crippen molar-refractivity contribution in [3.63, 3.8) is 0 Å². The Morgan fingerprint density at radius 2 is 1.64 bits per heavy atom. The fourth-order valence-electron chi connectivity index (χ4n) is 3.28. The minimum atomic E-state index is -3.55. The molecule has 28 heavy (non-hydrogen) atoms. The summed E-state index contributed by atoms with van der Waals surface area (Å²) in [5.74, 6) is -2.22. The Hall–Kier alpha value is -2.14. The lowest BCUT2D eigenvalue weighted by Crippen LogP contribution is -2.16. The summed E-state index contributed by atoms with van der Waals surface area (Å²) in [4.78, 5) is 42.7. The number of carbonyl (C=O) groups excluding carboxylic acids is 1. The molecule has 0 atom stereocenters. The van der Waals surface area contributed by atoms with Gasteiger partial charge in [0, 0.05) is 6.42 Å². The van der Waals surface area contributed by atoms with Crippen molar-refractivity contribution < 1.29 is 28.9 Å². The van der Waals surface area contributed by atoms with Crippen LogP contribution in [0, 0.1) is 26.6 Å². The molecule has 0 heterocycles. The lowest BCUT2D eigenvalue weighted by Gasteiger charge is -2.17. The first-order valence-electron chi connectivity index (χ1n) is 8.92. The van der Waals surface area contributed by atoms with Gasteiger partial charge in [-0.3, -0.25) is 9.59 Å². The highest BCUT2D eigenvalue weighted by atomic mass is 31.2. The molecular formula is C21H25FO5P+. The van der Waals surface area contributed by atoms with Gasteiger partial charge in [-0.15, -0.1) is 0 Å². The Labute approximate surface area is 164 Å². The molecule has 0 aliphatic heterocycles. The SMILES string of the molecule is Cc1cc(-c2cccc(C)c2CC[P+](O)(O)CC(=O)CC(=O)O)cc(C)c1F. The largest absolute Gasteiger partial charge is 0.481 e.